The summed E-state index contributed by atoms with van der Waals surface area (Å²) < 4.78 is 5.76. The van der Waals surface area contributed by atoms with Crippen LogP contribution in [0.5, 0.6) is 0 Å². The van der Waals surface area contributed by atoms with Crippen LogP contribution in [0.25, 0.3) is 0 Å². The first-order valence-electron chi connectivity index (χ1n) is 7.22. The summed E-state index contributed by atoms with van der Waals surface area (Å²) in [4.78, 5) is 18.3. The summed E-state index contributed by atoms with van der Waals surface area (Å²) in [5, 5.41) is 14.0. The van der Waals surface area contributed by atoms with Crippen LogP contribution in [-0.4, -0.2) is 33.8 Å². The second kappa shape index (κ2) is 7.17. The first kappa shape index (κ1) is 16.9. The highest BCUT2D eigenvalue weighted by atomic mass is 35.5. The van der Waals surface area contributed by atoms with Gasteiger partial charge in [-0.25, -0.2) is 0 Å². The van der Waals surface area contributed by atoms with Gasteiger partial charge in [-0.05, 0) is 49.1 Å². The molecule has 0 amide bonds. The third-order valence-corrected chi connectivity index (χ3v) is 3.82. The van der Waals surface area contributed by atoms with E-state index in [1.807, 2.05) is 13.8 Å². The predicted octanol–water partition coefficient (Wildman–Crippen LogP) is 1.91. The molecule has 2 rings (SSSR count). The van der Waals surface area contributed by atoms with Crippen molar-refractivity contribution in [1.82, 2.24) is 15.3 Å². The van der Waals surface area contributed by atoms with Crippen molar-refractivity contribution >= 4 is 23.2 Å². The molecule has 1 aromatic heterocycles. The van der Waals surface area contributed by atoms with E-state index in [-0.39, 0.29) is 29.1 Å². The molecule has 0 saturated carbocycles. The highest BCUT2D eigenvalue weighted by Crippen LogP contribution is 2.28. The molecule has 22 heavy (non-hydrogen) atoms. The number of anilines is 1. The van der Waals surface area contributed by atoms with Gasteiger partial charge in [0.2, 0.25) is 5.82 Å². The minimum atomic E-state index is -0.642. The maximum atomic E-state index is 10.9. The summed E-state index contributed by atoms with van der Waals surface area (Å²) in [6, 6.07) is 0. The zero-order valence-electron chi connectivity index (χ0n) is 12.6. The predicted molar refractivity (Wildman–Crippen MR) is 82.5 cm³/mol. The topological polar surface area (TPSA) is 116 Å². The molecule has 1 fully saturated rings. The standard InChI is InChI=1S/C13H20ClN5O3/c1-7(2)22-10-6-8(3-4-16-10)5-9-17-12(15)11(14)13(18-9)19(20)21/h7-8,10,16H,3-6H2,1-2H3,(H2,15,17,18). The van der Waals surface area contributed by atoms with E-state index in [1.165, 1.54) is 0 Å². The van der Waals surface area contributed by atoms with E-state index >= 15 is 0 Å². The number of nitro groups is 1. The zero-order chi connectivity index (χ0) is 16.3. The second-order valence-electron chi connectivity index (χ2n) is 5.64. The number of piperidine rings is 1. The third kappa shape index (κ3) is 4.25. The molecule has 2 heterocycles. The molecular formula is C13H20ClN5O3. The van der Waals surface area contributed by atoms with Crippen molar-refractivity contribution in [2.75, 3.05) is 12.3 Å². The van der Waals surface area contributed by atoms with Gasteiger partial charge in [0, 0.05) is 6.42 Å². The van der Waals surface area contributed by atoms with Crippen LogP contribution in [0.1, 0.15) is 32.5 Å². The molecule has 0 aromatic carbocycles. The molecule has 2 unspecified atom stereocenters. The average molecular weight is 330 g/mol. The van der Waals surface area contributed by atoms with Crippen molar-refractivity contribution in [3.63, 3.8) is 0 Å². The number of rotatable bonds is 5. The summed E-state index contributed by atoms with van der Waals surface area (Å²) >= 11 is 5.76. The minimum Gasteiger partial charge on any atom is -0.382 e. The number of halogens is 1. The normalized spacial score (nSPS) is 22.0. The highest BCUT2D eigenvalue weighted by Gasteiger charge is 2.27. The molecule has 1 aromatic rings. The number of nitrogens with one attached hydrogen (secondary N) is 1. The van der Waals surface area contributed by atoms with E-state index in [4.69, 9.17) is 22.1 Å². The van der Waals surface area contributed by atoms with Gasteiger partial charge >= 0.3 is 5.82 Å². The first-order valence-corrected chi connectivity index (χ1v) is 7.59. The van der Waals surface area contributed by atoms with Gasteiger partial charge in [0.1, 0.15) is 6.23 Å². The molecule has 1 saturated heterocycles. The molecule has 2 atom stereocenters. The molecule has 1 aliphatic heterocycles. The van der Waals surface area contributed by atoms with E-state index in [2.05, 4.69) is 15.3 Å². The Morgan fingerprint density at radius 1 is 1.55 bits per heavy atom. The lowest BCUT2D eigenvalue weighted by Gasteiger charge is -2.30. The van der Waals surface area contributed by atoms with Crippen LogP contribution in [0.4, 0.5) is 11.6 Å². The van der Waals surface area contributed by atoms with Crippen molar-refractivity contribution in [2.45, 2.75) is 45.4 Å². The van der Waals surface area contributed by atoms with E-state index < -0.39 is 10.7 Å². The Bertz CT molecular complexity index is 555. The number of hydrogen-bond donors (Lipinski definition) is 2. The van der Waals surface area contributed by atoms with Crippen LogP contribution in [0, 0.1) is 16.0 Å². The van der Waals surface area contributed by atoms with Crippen LogP contribution >= 0.6 is 11.6 Å². The summed E-state index contributed by atoms with van der Waals surface area (Å²) in [6.45, 7) is 4.79. The molecule has 8 nitrogen and oxygen atoms in total. The Morgan fingerprint density at radius 3 is 2.91 bits per heavy atom. The van der Waals surface area contributed by atoms with Gasteiger partial charge in [0.15, 0.2) is 10.8 Å². The van der Waals surface area contributed by atoms with Gasteiger partial charge in [0.05, 0.1) is 6.10 Å². The van der Waals surface area contributed by atoms with E-state index in [9.17, 15) is 10.1 Å². The summed E-state index contributed by atoms with van der Waals surface area (Å²) in [5.41, 5.74) is 5.63. The van der Waals surface area contributed by atoms with Gasteiger partial charge in [-0.2, -0.15) is 4.98 Å². The zero-order valence-corrected chi connectivity index (χ0v) is 13.3. The molecular weight excluding hydrogens is 310 g/mol. The Kier molecular flexibility index (Phi) is 5.49. The molecule has 122 valence electrons. The first-order chi connectivity index (χ1) is 10.4. The fraction of sp³-hybridized carbons (Fsp3) is 0.692. The Labute approximate surface area is 133 Å². The number of ether oxygens (including phenoxy) is 1. The van der Waals surface area contributed by atoms with Crippen molar-refractivity contribution in [2.24, 2.45) is 5.92 Å². The maximum Gasteiger partial charge on any atom is 0.388 e. The molecule has 0 bridgehead atoms. The van der Waals surface area contributed by atoms with Crippen LogP contribution in [0.2, 0.25) is 5.02 Å². The van der Waals surface area contributed by atoms with Crippen molar-refractivity contribution < 1.29 is 9.66 Å². The second-order valence-corrected chi connectivity index (χ2v) is 6.02. The van der Waals surface area contributed by atoms with E-state index in [0.29, 0.717) is 12.2 Å². The lowest BCUT2D eigenvalue weighted by molar-refractivity contribution is -0.389. The van der Waals surface area contributed by atoms with Crippen LogP contribution in [-0.2, 0) is 11.2 Å². The smallest absolute Gasteiger partial charge is 0.382 e. The molecule has 0 aliphatic carbocycles. The van der Waals surface area contributed by atoms with Crippen LogP contribution in [0.15, 0.2) is 0 Å². The largest absolute Gasteiger partial charge is 0.388 e. The molecule has 3 N–H and O–H groups in total. The fourth-order valence-corrected chi connectivity index (χ4v) is 2.69. The van der Waals surface area contributed by atoms with Gasteiger partial charge in [0.25, 0.3) is 0 Å². The van der Waals surface area contributed by atoms with E-state index in [1.54, 1.807) is 0 Å². The van der Waals surface area contributed by atoms with Crippen LogP contribution in [0.3, 0.4) is 0 Å². The molecule has 0 radical (unpaired) electrons. The number of hydrogen-bond acceptors (Lipinski definition) is 7. The maximum absolute atomic E-state index is 10.9. The number of nitrogens with two attached hydrogens (primary N) is 1. The third-order valence-electron chi connectivity index (χ3n) is 3.46. The number of nitrogen functional groups attached to an aromatic ring is 1. The van der Waals surface area contributed by atoms with Crippen molar-refractivity contribution in [1.29, 1.82) is 0 Å². The SMILES string of the molecule is CC(C)OC1CC(Cc2nc(N)c(Cl)c([N+](=O)[O-])n2)CCN1. The van der Waals surface area contributed by atoms with Crippen molar-refractivity contribution in [3.8, 4) is 0 Å². The lowest BCUT2D eigenvalue weighted by atomic mass is 9.93. The average Bonchev–Trinajstić information content (AvgIpc) is 2.42. The van der Waals surface area contributed by atoms with Gasteiger partial charge < -0.3 is 20.6 Å². The van der Waals surface area contributed by atoms with Gasteiger partial charge in [-0.1, -0.05) is 11.6 Å². The fourth-order valence-electron chi connectivity index (χ4n) is 2.54. The van der Waals surface area contributed by atoms with E-state index in [0.717, 1.165) is 19.4 Å². The quantitative estimate of drug-likeness (QED) is 0.626. The highest BCUT2D eigenvalue weighted by molar-refractivity contribution is 6.34. The molecule has 9 heteroatoms. The number of nitrogens with zero attached hydrogens (tertiary/aromatic N) is 3. The Hall–Kier alpha value is -1.51. The van der Waals surface area contributed by atoms with Crippen molar-refractivity contribution in [3.05, 3.63) is 21.0 Å². The molecule has 1 aliphatic rings. The number of aromatic nitrogens is 2. The summed E-state index contributed by atoms with van der Waals surface area (Å²) in [6.07, 6.45) is 2.37. The van der Waals surface area contributed by atoms with Crippen LogP contribution < -0.4 is 11.1 Å². The van der Waals surface area contributed by atoms with Gasteiger partial charge in [-0.15, -0.1) is 0 Å². The summed E-state index contributed by atoms with van der Waals surface area (Å²) in [7, 11) is 0. The monoisotopic (exact) mass is 329 g/mol. The lowest BCUT2D eigenvalue weighted by Crippen LogP contribution is -2.41. The molecule has 0 spiro atoms. The Morgan fingerprint density at radius 2 is 2.27 bits per heavy atom. The Balaban J connectivity index is 2.08. The summed E-state index contributed by atoms with van der Waals surface area (Å²) in [5.74, 6) is 0.143. The minimum absolute atomic E-state index is 0.0154. The van der Waals surface area contributed by atoms with Gasteiger partial charge in [-0.3, -0.25) is 5.32 Å².